The van der Waals surface area contributed by atoms with Crippen molar-refractivity contribution in [2.45, 2.75) is 0 Å². The summed E-state index contributed by atoms with van der Waals surface area (Å²) in [6.07, 6.45) is 0. The lowest BCUT2D eigenvalue weighted by atomic mass is 10.2. The molecule has 2 N–H and O–H groups in total. The molecule has 0 saturated carbocycles. The Bertz CT molecular complexity index is 263. The Balaban J connectivity index is 2.85. The van der Waals surface area contributed by atoms with E-state index in [1.54, 1.807) is 0 Å². The number of rotatable bonds is 2. The molecule has 0 amide bonds. The molecule has 0 aliphatic carbocycles. The molecule has 0 radical (unpaired) electrons. The molecule has 4 nitrogen and oxygen atoms in total. The zero-order valence-corrected chi connectivity index (χ0v) is 7.25. The van der Waals surface area contributed by atoms with Crippen LogP contribution < -0.4 is 4.65 Å². The van der Waals surface area contributed by atoms with Gasteiger partial charge in [0.1, 0.15) is 16.1 Å². The van der Waals surface area contributed by atoms with Crippen molar-refractivity contribution in [3.8, 4) is 5.75 Å². The first kappa shape index (κ1) is 9.60. The standard InChI is InChI=1S/C5H4BCl2NO3/c7-4-1-3(12-6(10)11)2-5(8)9-4/h1-2,10-11H. The van der Waals surface area contributed by atoms with Gasteiger partial charge in [-0.15, -0.1) is 0 Å². The molecule has 1 aromatic rings. The fourth-order valence-corrected chi connectivity index (χ4v) is 1.07. The van der Waals surface area contributed by atoms with Gasteiger partial charge in [0.25, 0.3) is 0 Å². The first-order valence-corrected chi connectivity index (χ1v) is 3.69. The Kier molecular flexibility index (Phi) is 3.16. The van der Waals surface area contributed by atoms with E-state index in [4.69, 9.17) is 33.2 Å². The smallest absolute Gasteiger partial charge is 0.512 e. The summed E-state index contributed by atoms with van der Waals surface area (Å²) in [5.41, 5.74) is 0. The van der Waals surface area contributed by atoms with Gasteiger partial charge in [-0.25, -0.2) is 4.98 Å². The topological polar surface area (TPSA) is 62.6 Å². The van der Waals surface area contributed by atoms with Gasteiger partial charge < -0.3 is 14.7 Å². The maximum atomic E-state index is 8.41. The number of pyridine rings is 1. The van der Waals surface area contributed by atoms with E-state index in [1.807, 2.05) is 0 Å². The van der Waals surface area contributed by atoms with Crippen molar-refractivity contribution in [3.63, 3.8) is 0 Å². The Morgan fingerprint density at radius 2 is 1.75 bits per heavy atom. The van der Waals surface area contributed by atoms with E-state index in [0.717, 1.165) is 0 Å². The van der Waals surface area contributed by atoms with Gasteiger partial charge in [0.2, 0.25) is 0 Å². The second-order valence-corrected chi connectivity index (χ2v) is 2.67. The number of hydrogen-bond acceptors (Lipinski definition) is 4. The summed E-state index contributed by atoms with van der Waals surface area (Å²) >= 11 is 11.0. The van der Waals surface area contributed by atoms with E-state index in [0.29, 0.717) is 0 Å². The Morgan fingerprint density at radius 3 is 2.17 bits per heavy atom. The van der Waals surface area contributed by atoms with Crippen molar-refractivity contribution in [1.82, 2.24) is 4.98 Å². The second kappa shape index (κ2) is 3.95. The molecule has 0 unspecified atom stereocenters. The van der Waals surface area contributed by atoms with Crippen molar-refractivity contribution >= 4 is 30.5 Å². The fourth-order valence-electron chi connectivity index (χ4n) is 0.633. The molecule has 0 fully saturated rings. The largest absolute Gasteiger partial charge is 0.707 e. The molecular formula is C5H4BCl2NO3. The summed E-state index contributed by atoms with van der Waals surface area (Å²) in [4.78, 5) is 3.63. The minimum atomic E-state index is -1.89. The van der Waals surface area contributed by atoms with Gasteiger partial charge in [0, 0.05) is 12.1 Å². The van der Waals surface area contributed by atoms with E-state index in [9.17, 15) is 0 Å². The first-order chi connectivity index (χ1) is 5.58. The van der Waals surface area contributed by atoms with E-state index in [-0.39, 0.29) is 16.1 Å². The molecule has 0 saturated heterocycles. The summed E-state index contributed by atoms with van der Waals surface area (Å²) in [5, 5.41) is 17.1. The molecule has 0 bridgehead atoms. The van der Waals surface area contributed by atoms with Gasteiger partial charge in [-0.2, -0.15) is 0 Å². The first-order valence-electron chi connectivity index (χ1n) is 2.94. The van der Waals surface area contributed by atoms with Crippen LogP contribution in [0.15, 0.2) is 12.1 Å². The van der Waals surface area contributed by atoms with Crippen molar-refractivity contribution in [1.29, 1.82) is 0 Å². The maximum absolute atomic E-state index is 8.41. The van der Waals surface area contributed by atoms with Crippen molar-refractivity contribution in [2.24, 2.45) is 0 Å². The fraction of sp³-hybridized carbons (Fsp3) is 0. The van der Waals surface area contributed by atoms with Crippen LogP contribution in [0.25, 0.3) is 0 Å². The van der Waals surface area contributed by atoms with E-state index in [1.165, 1.54) is 12.1 Å². The Hall–Kier alpha value is -0.485. The van der Waals surface area contributed by atoms with Crippen LogP contribution in [-0.4, -0.2) is 22.4 Å². The van der Waals surface area contributed by atoms with Crippen molar-refractivity contribution < 1.29 is 14.7 Å². The van der Waals surface area contributed by atoms with Gasteiger partial charge >= 0.3 is 7.32 Å². The van der Waals surface area contributed by atoms with Crippen LogP contribution in [0, 0.1) is 0 Å². The predicted octanol–water partition coefficient (Wildman–Crippen LogP) is 0.737. The van der Waals surface area contributed by atoms with Gasteiger partial charge in [0.05, 0.1) is 0 Å². The summed E-state index contributed by atoms with van der Waals surface area (Å²) in [6.45, 7) is 0. The van der Waals surface area contributed by atoms with Gasteiger partial charge in [-0.05, 0) is 0 Å². The number of halogens is 2. The minimum absolute atomic E-state index is 0.123. The maximum Gasteiger partial charge on any atom is 0.707 e. The molecule has 0 aromatic carbocycles. The van der Waals surface area contributed by atoms with Crippen LogP contribution in [0.4, 0.5) is 0 Å². The van der Waals surface area contributed by atoms with E-state index in [2.05, 4.69) is 9.64 Å². The monoisotopic (exact) mass is 207 g/mol. The quantitative estimate of drug-likeness (QED) is 0.555. The molecule has 7 heteroatoms. The number of aromatic nitrogens is 1. The highest BCUT2D eigenvalue weighted by Gasteiger charge is 2.12. The van der Waals surface area contributed by atoms with E-state index >= 15 is 0 Å². The lowest BCUT2D eigenvalue weighted by Crippen LogP contribution is -2.20. The normalized spacial score (nSPS) is 9.67. The Labute approximate surface area is 78.9 Å². The number of nitrogens with zero attached hydrogens (tertiary/aromatic N) is 1. The van der Waals surface area contributed by atoms with Crippen LogP contribution in [0.2, 0.25) is 10.3 Å². The minimum Gasteiger partial charge on any atom is -0.512 e. The third kappa shape index (κ3) is 2.87. The summed E-state index contributed by atoms with van der Waals surface area (Å²) in [6, 6.07) is 2.62. The second-order valence-electron chi connectivity index (χ2n) is 1.89. The van der Waals surface area contributed by atoms with Gasteiger partial charge in [-0.1, -0.05) is 23.2 Å². The zero-order chi connectivity index (χ0) is 9.14. The van der Waals surface area contributed by atoms with Crippen LogP contribution in [0.3, 0.4) is 0 Å². The molecular weight excluding hydrogens is 204 g/mol. The molecule has 1 heterocycles. The lowest BCUT2D eigenvalue weighted by molar-refractivity contribution is 0.288. The van der Waals surface area contributed by atoms with Crippen molar-refractivity contribution in [3.05, 3.63) is 22.4 Å². The molecule has 0 spiro atoms. The molecule has 12 heavy (non-hydrogen) atoms. The highest BCUT2D eigenvalue weighted by molar-refractivity contribution is 6.34. The van der Waals surface area contributed by atoms with Gasteiger partial charge in [0.15, 0.2) is 0 Å². The molecule has 64 valence electrons. The molecule has 1 rings (SSSR count). The molecule has 0 aliphatic rings. The average Bonchev–Trinajstić information content (AvgIpc) is 1.81. The molecule has 0 atom stereocenters. The zero-order valence-electron chi connectivity index (χ0n) is 5.74. The molecule has 0 aliphatic heterocycles. The summed E-state index contributed by atoms with van der Waals surface area (Å²) < 4.78 is 4.48. The lowest BCUT2D eigenvalue weighted by Gasteiger charge is -2.04. The van der Waals surface area contributed by atoms with Crippen LogP contribution in [0.5, 0.6) is 5.75 Å². The highest BCUT2D eigenvalue weighted by Crippen LogP contribution is 2.20. The SMILES string of the molecule is OB(O)Oc1cc(Cl)nc(Cl)c1. The predicted molar refractivity (Wildman–Crippen MR) is 45.1 cm³/mol. The van der Waals surface area contributed by atoms with Crippen molar-refractivity contribution in [2.75, 3.05) is 0 Å². The third-order valence-electron chi connectivity index (χ3n) is 0.978. The Morgan fingerprint density at radius 1 is 1.25 bits per heavy atom. The van der Waals surface area contributed by atoms with Crippen LogP contribution in [-0.2, 0) is 0 Å². The summed E-state index contributed by atoms with van der Waals surface area (Å²) in [5.74, 6) is 0.148. The van der Waals surface area contributed by atoms with Crippen LogP contribution in [0.1, 0.15) is 0 Å². The highest BCUT2D eigenvalue weighted by atomic mass is 35.5. The van der Waals surface area contributed by atoms with Crippen LogP contribution >= 0.6 is 23.2 Å². The third-order valence-corrected chi connectivity index (χ3v) is 1.37. The number of hydrogen-bond donors (Lipinski definition) is 2. The summed E-state index contributed by atoms with van der Waals surface area (Å²) in [7, 11) is -1.89. The van der Waals surface area contributed by atoms with E-state index < -0.39 is 7.32 Å². The average molecular weight is 208 g/mol. The van der Waals surface area contributed by atoms with Gasteiger partial charge in [-0.3, -0.25) is 0 Å². The molecule has 1 aromatic heterocycles.